The Bertz CT molecular complexity index is 214. The van der Waals surface area contributed by atoms with Gasteiger partial charge in [0.25, 0.3) is 0 Å². The molecular weight excluding hydrogens is 214 g/mol. The van der Waals surface area contributed by atoms with Crippen molar-refractivity contribution in [2.45, 2.75) is 70.8 Å². The molecular formula is C14H27NO2. The average molecular weight is 241 g/mol. The van der Waals surface area contributed by atoms with Crippen molar-refractivity contribution in [1.29, 1.82) is 0 Å². The fourth-order valence-electron chi connectivity index (χ4n) is 1.76. The fourth-order valence-corrected chi connectivity index (χ4v) is 1.76. The molecule has 0 fully saturated rings. The van der Waals surface area contributed by atoms with Gasteiger partial charge in [-0.25, -0.2) is 0 Å². The zero-order valence-electron chi connectivity index (χ0n) is 11.0. The minimum Gasteiger partial charge on any atom is -0.481 e. The normalized spacial score (nSPS) is 13.1. The number of hydrogen-bond acceptors (Lipinski definition) is 2. The number of unbranched alkanes of at least 4 members (excludes halogenated alkanes) is 7. The van der Waals surface area contributed by atoms with Crippen molar-refractivity contribution in [2.75, 3.05) is 0 Å². The van der Waals surface area contributed by atoms with Crippen molar-refractivity contribution in [3.05, 3.63) is 12.2 Å². The Morgan fingerprint density at radius 3 is 2.35 bits per heavy atom. The van der Waals surface area contributed by atoms with Crippen LogP contribution in [-0.2, 0) is 4.79 Å². The molecule has 3 N–H and O–H groups in total. The average Bonchev–Trinajstić information content (AvgIpc) is 2.26. The number of carboxylic acids is 1. The van der Waals surface area contributed by atoms with Crippen molar-refractivity contribution >= 4 is 5.97 Å². The Labute approximate surface area is 105 Å². The van der Waals surface area contributed by atoms with Gasteiger partial charge in [0, 0.05) is 6.04 Å². The summed E-state index contributed by atoms with van der Waals surface area (Å²) < 4.78 is 0. The first-order valence-corrected chi connectivity index (χ1v) is 6.80. The zero-order valence-corrected chi connectivity index (χ0v) is 11.0. The summed E-state index contributed by atoms with van der Waals surface area (Å²) in [7, 11) is 0. The molecule has 3 heteroatoms. The Morgan fingerprint density at radius 2 is 1.76 bits per heavy atom. The number of carbonyl (C=O) groups is 1. The summed E-state index contributed by atoms with van der Waals surface area (Å²) in [5, 5.41) is 8.51. The van der Waals surface area contributed by atoms with Gasteiger partial charge in [0.05, 0.1) is 6.42 Å². The molecule has 0 aliphatic heterocycles. The first-order chi connectivity index (χ1) is 8.16. The van der Waals surface area contributed by atoms with E-state index in [1.54, 1.807) is 0 Å². The molecule has 0 saturated heterocycles. The number of hydrogen-bond donors (Lipinski definition) is 2. The van der Waals surface area contributed by atoms with Crippen LogP contribution in [0.3, 0.4) is 0 Å². The third-order valence-corrected chi connectivity index (χ3v) is 2.77. The van der Waals surface area contributed by atoms with Gasteiger partial charge in [-0.15, -0.1) is 0 Å². The second-order valence-corrected chi connectivity index (χ2v) is 4.60. The molecule has 0 heterocycles. The summed E-state index contributed by atoms with van der Waals surface area (Å²) in [5.41, 5.74) is 5.60. The molecule has 0 bridgehead atoms. The van der Waals surface area contributed by atoms with Crippen LogP contribution in [0.2, 0.25) is 0 Å². The van der Waals surface area contributed by atoms with Crippen molar-refractivity contribution in [3.8, 4) is 0 Å². The number of aliphatic carboxylic acids is 1. The minimum atomic E-state index is -0.835. The lowest BCUT2D eigenvalue weighted by Crippen LogP contribution is -2.20. The minimum absolute atomic E-state index is 0.0213. The second kappa shape index (κ2) is 11.6. The molecule has 17 heavy (non-hydrogen) atoms. The molecule has 0 amide bonds. The molecule has 0 aromatic rings. The van der Waals surface area contributed by atoms with Crippen molar-refractivity contribution in [2.24, 2.45) is 5.73 Å². The summed E-state index contributed by atoms with van der Waals surface area (Å²) in [6.07, 6.45) is 14.0. The maximum atomic E-state index is 10.4. The first-order valence-electron chi connectivity index (χ1n) is 6.80. The van der Waals surface area contributed by atoms with Crippen LogP contribution in [0.5, 0.6) is 0 Å². The zero-order chi connectivity index (χ0) is 12.9. The molecule has 3 nitrogen and oxygen atoms in total. The summed E-state index contributed by atoms with van der Waals surface area (Å²) in [6, 6.07) is -0.336. The predicted molar refractivity (Wildman–Crippen MR) is 72.0 cm³/mol. The molecule has 0 saturated carbocycles. The third kappa shape index (κ3) is 13.1. The van der Waals surface area contributed by atoms with E-state index in [0.29, 0.717) is 0 Å². The highest BCUT2D eigenvalue weighted by atomic mass is 16.4. The van der Waals surface area contributed by atoms with Gasteiger partial charge in [-0.3, -0.25) is 4.79 Å². The number of allylic oxidation sites excluding steroid dienone is 1. The van der Waals surface area contributed by atoms with Gasteiger partial charge in [0.15, 0.2) is 0 Å². The van der Waals surface area contributed by atoms with E-state index in [9.17, 15) is 4.79 Å². The topological polar surface area (TPSA) is 63.3 Å². The summed E-state index contributed by atoms with van der Waals surface area (Å²) in [4.78, 5) is 10.4. The Hall–Kier alpha value is -0.830. The Morgan fingerprint density at radius 1 is 1.18 bits per heavy atom. The van der Waals surface area contributed by atoms with E-state index in [1.165, 1.54) is 44.9 Å². The van der Waals surface area contributed by atoms with Gasteiger partial charge in [-0.05, 0) is 12.8 Å². The maximum Gasteiger partial charge on any atom is 0.305 e. The molecule has 0 spiro atoms. The van der Waals surface area contributed by atoms with Crippen molar-refractivity contribution in [1.82, 2.24) is 0 Å². The smallest absolute Gasteiger partial charge is 0.305 e. The highest BCUT2D eigenvalue weighted by molar-refractivity contribution is 5.67. The lowest BCUT2D eigenvalue weighted by Gasteiger charge is -2.01. The molecule has 0 aliphatic carbocycles. The third-order valence-electron chi connectivity index (χ3n) is 2.77. The van der Waals surface area contributed by atoms with Crippen LogP contribution in [0.4, 0.5) is 0 Å². The van der Waals surface area contributed by atoms with E-state index in [-0.39, 0.29) is 12.5 Å². The summed E-state index contributed by atoms with van der Waals surface area (Å²) in [6.45, 7) is 2.23. The van der Waals surface area contributed by atoms with E-state index < -0.39 is 5.97 Å². The van der Waals surface area contributed by atoms with Gasteiger partial charge >= 0.3 is 5.97 Å². The molecule has 0 aliphatic rings. The van der Waals surface area contributed by atoms with E-state index in [1.807, 2.05) is 12.2 Å². The van der Waals surface area contributed by atoms with Gasteiger partial charge in [-0.2, -0.15) is 0 Å². The van der Waals surface area contributed by atoms with Crippen LogP contribution in [0.15, 0.2) is 12.2 Å². The Balaban J connectivity index is 3.26. The van der Waals surface area contributed by atoms with Crippen LogP contribution >= 0.6 is 0 Å². The molecule has 0 aromatic carbocycles. The van der Waals surface area contributed by atoms with E-state index in [4.69, 9.17) is 10.8 Å². The lowest BCUT2D eigenvalue weighted by molar-refractivity contribution is -0.137. The predicted octanol–water partition coefficient (Wildman–Crippen LogP) is 3.49. The van der Waals surface area contributed by atoms with Crippen LogP contribution in [0, 0.1) is 0 Å². The van der Waals surface area contributed by atoms with E-state index in [2.05, 4.69) is 6.92 Å². The maximum absolute atomic E-state index is 10.4. The number of carboxylic acid groups (broad SMARTS) is 1. The second-order valence-electron chi connectivity index (χ2n) is 4.60. The SMILES string of the molecule is CCCCCCCCC/C=C/C(N)CC(=O)O. The fraction of sp³-hybridized carbons (Fsp3) is 0.786. The lowest BCUT2D eigenvalue weighted by atomic mass is 10.1. The molecule has 1 unspecified atom stereocenters. The number of nitrogens with two attached hydrogens (primary N) is 1. The summed E-state index contributed by atoms with van der Waals surface area (Å²) in [5.74, 6) is -0.835. The quantitative estimate of drug-likeness (QED) is 0.430. The monoisotopic (exact) mass is 241 g/mol. The van der Waals surface area contributed by atoms with Crippen LogP contribution in [0.25, 0.3) is 0 Å². The number of rotatable bonds is 11. The molecule has 0 radical (unpaired) electrons. The first kappa shape index (κ1) is 16.2. The largest absolute Gasteiger partial charge is 0.481 e. The van der Waals surface area contributed by atoms with Gasteiger partial charge in [0.2, 0.25) is 0 Å². The van der Waals surface area contributed by atoms with Crippen molar-refractivity contribution in [3.63, 3.8) is 0 Å². The highest BCUT2D eigenvalue weighted by Gasteiger charge is 2.02. The Kier molecular flexibility index (Phi) is 11.1. The van der Waals surface area contributed by atoms with Gasteiger partial charge in [-0.1, -0.05) is 57.6 Å². The van der Waals surface area contributed by atoms with Gasteiger partial charge in [0.1, 0.15) is 0 Å². The standard InChI is InChI=1S/C14H27NO2/c1-2-3-4-5-6-7-8-9-10-11-13(15)12-14(16)17/h10-11,13H,2-9,12,15H2,1H3,(H,16,17)/b11-10+. The van der Waals surface area contributed by atoms with Crippen molar-refractivity contribution < 1.29 is 9.90 Å². The molecule has 0 rings (SSSR count). The van der Waals surface area contributed by atoms with Crippen LogP contribution < -0.4 is 5.73 Å². The van der Waals surface area contributed by atoms with Crippen LogP contribution in [-0.4, -0.2) is 17.1 Å². The van der Waals surface area contributed by atoms with Gasteiger partial charge < -0.3 is 10.8 Å². The summed E-state index contributed by atoms with van der Waals surface area (Å²) >= 11 is 0. The highest BCUT2D eigenvalue weighted by Crippen LogP contribution is 2.08. The molecule has 1 atom stereocenters. The molecule has 100 valence electrons. The van der Waals surface area contributed by atoms with E-state index >= 15 is 0 Å². The molecule has 0 aromatic heterocycles. The van der Waals surface area contributed by atoms with E-state index in [0.717, 1.165) is 6.42 Å². The van der Waals surface area contributed by atoms with Crippen LogP contribution in [0.1, 0.15) is 64.7 Å².